The first-order chi connectivity index (χ1) is 16.1. The standard InChI is InChI=1S/C24H33FN4O4/c25-20-7-6-19(16-21(20)33-17-18-4-5-18)24(9-14-32-15-10-24)28-26-11-2-1-3-12-29-13-8-22(30)27-23(29)31/h6-8,13,16,18,26,28H,1-5,9-12,14-15,17H2,(H,27,30,31). The summed E-state index contributed by atoms with van der Waals surface area (Å²) in [6.07, 6.45) is 8.12. The fourth-order valence-corrected chi connectivity index (χ4v) is 4.13. The molecule has 1 saturated carbocycles. The number of aryl methyl sites for hydroxylation is 1. The van der Waals surface area contributed by atoms with Crippen molar-refractivity contribution in [3.63, 3.8) is 0 Å². The number of aromatic nitrogens is 2. The monoisotopic (exact) mass is 460 g/mol. The summed E-state index contributed by atoms with van der Waals surface area (Å²) in [6.45, 7) is 3.18. The summed E-state index contributed by atoms with van der Waals surface area (Å²) in [6, 6.07) is 6.52. The third-order valence-corrected chi connectivity index (χ3v) is 6.43. The zero-order valence-corrected chi connectivity index (χ0v) is 18.9. The van der Waals surface area contributed by atoms with Gasteiger partial charge in [0.25, 0.3) is 5.56 Å². The van der Waals surface area contributed by atoms with Crippen LogP contribution in [0.3, 0.4) is 0 Å². The van der Waals surface area contributed by atoms with E-state index in [4.69, 9.17) is 9.47 Å². The molecule has 33 heavy (non-hydrogen) atoms. The molecule has 0 atom stereocenters. The predicted molar refractivity (Wildman–Crippen MR) is 123 cm³/mol. The molecule has 1 aliphatic heterocycles. The van der Waals surface area contributed by atoms with Gasteiger partial charge in [-0.1, -0.05) is 12.5 Å². The molecule has 0 unspecified atom stereocenters. The second kappa shape index (κ2) is 11.1. The van der Waals surface area contributed by atoms with Gasteiger partial charge < -0.3 is 14.0 Å². The van der Waals surface area contributed by atoms with Crippen LogP contribution in [0, 0.1) is 11.7 Å². The van der Waals surface area contributed by atoms with Crippen molar-refractivity contribution >= 4 is 0 Å². The first kappa shape index (κ1) is 23.7. The average Bonchev–Trinajstić information content (AvgIpc) is 3.64. The number of nitrogens with one attached hydrogen (secondary N) is 3. The molecule has 8 nitrogen and oxygen atoms in total. The maximum absolute atomic E-state index is 14.3. The van der Waals surface area contributed by atoms with Gasteiger partial charge in [0.05, 0.1) is 12.1 Å². The van der Waals surface area contributed by atoms with Crippen LogP contribution >= 0.6 is 0 Å². The van der Waals surface area contributed by atoms with E-state index < -0.39 is 0 Å². The van der Waals surface area contributed by atoms with Gasteiger partial charge in [-0.25, -0.2) is 14.6 Å². The number of nitrogens with zero attached hydrogens (tertiary/aromatic N) is 1. The SMILES string of the molecule is O=c1ccn(CCCCCNNC2(c3ccc(F)c(OCC4CC4)c3)CCOCC2)c(=O)[nH]1. The van der Waals surface area contributed by atoms with Gasteiger partial charge >= 0.3 is 5.69 Å². The van der Waals surface area contributed by atoms with Crippen LogP contribution < -0.4 is 26.8 Å². The third kappa shape index (κ3) is 6.52. The molecule has 0 radical (unpaired) electrons. The van der Waals surface area contributed by atoms with Crippen molar-refractivity contribution in [3.8, 4) is 5.75 Å². The molecule has 2 fully saturated rings. The molecule has 0 spiro atoms. The van der Waals surface area contributed by atoms with Crippen molar-refractivity contribution < 1.29 is 13.9 Å². The Kier molecular flexibility index (Phi) is 7.95. The third-order valence-electron chi connectivity index (χ3n) is 6.43. The van der Waals surface area contributed by atoms with Gasteiger partial charge in [0.1, 0.15) is 0 Å². The molecule has 2 aliphatic rings. The summed E-state index contributed by atoms with van der Waals surface area (Å²) in [7, 11) is 0. The van der Waals surface area contributed by atoms with E-state index in [1.807, 2.05) is 12.1 Å². The lowest BCUT2D eigenvalue weighted by Gasteiger charge is -2.39. The molecule has 9 heteroatoms. The molecule has 1 aromatic heterocycles. The molecule has 0 amide bonds. The summed E-state index contributed by atoms with van der Waals surface area (Å²) in [4.78, 5) is 25.1. The van der Waals surface area contributed by atoms with Crippen molar-refractivity contribution in [3.05, 3.63) is 62.7 Å². The van der Waals surface area contributed by atoms with Crippen molar-refractivity contribution in [1.29, 1.82) is 0 Å². The van der Waals surface area contributed by atoms with Crippen molar-refractivity contribution in [2.75, 3.05) is 26.4 Å². The van der Waals surface area contributed by atoms with Crippen LogP contribution in [0.1, 0.15) is 50.5 Å². The van der Waals surface area contributed by atoms with Gasteiger partial charge in [-0.3, -0.25) is 15.2 Å². The second-order valence-electron chi connectivity index (χ2n) is 9.01. The summed E-state index contributed by atoms with van der Waals surface area (Å²) in [5.41, 5.74) is 6.76. The Morgan fingerprint density at radius 1 is 1.15 bits per heavy atom. The Labute approximate surface area is 192 Å². The predicted octanol–water partition coefficient (Wildman–Crippen LogP) is 2.43. The number of hydrogen-bond donors (Lipinski definition) is 3. The number of hydrogen-bond acceptors (Lipinski definition) is 6. The Morgan fingerprint density at radius 2 is 1.97 bits per heavy atom. The maximum Gasteiger partial charge on any atom is 0.328 e. The molecule has 1 saturated heterocycles. The zero-order valence-electron chi connectivity index (χ0n) is 18.9. The minimum absolute atomic E-state index is 0.323. The number of ether oxygens (including phenoxy) is 2. The number of halogens is 1. The Morgan fingerprint density at radius 3 is 2.73 bits per heavy atom. The van der Waals surface area contributed by atoms with E-state index in [1.54, 1.807) is 0 Å². The summed E-state index contributed by atoms with van der Waals surface area (Å²) < 4.78 is 27.2. The number of rotatable bonds is 12. The van der Waals surface area contributed by atoms with Gasteiger partial charge in [0.15, 0.2) is 11.6 Å². The minimum atomic E-state index is -0.378. The molecule has 3 N–H and O–H groups in total. The lowest BCUT2D eigenvalue weighted by Crippen LogP contribution is -2.53. The summed E-state index contributed by atoms with van der Waals surface area (Å²) >= 11 is 0. The van der Waals surface area contributed by atoms with Crippen LogP contribution in [0.4, 0.5) is 4.39 Å². The molecule has 0 bridgehead atoms. The van der Waals surface area contributed by atoms with Crippen LogP contribution in [0.15, 0.2) is 40.1 Å². The Balaban J connectivity index is 1.27. The average molecular weight is 461 g/mol. The maximum atomic E-state index is 14.3. The van der Waals surface area contributed by atoms with Gasteiger partial charge in [0, 0.05) is 38.6 Å². The largest absolute Gasteiger partial charge is 0.490 e. The highest BCUT2D eigenvalue weighted by molar-refractivity contribution is 5.35. The topological polar surface area (TPSA) is 97.4 Å². The zero-order chi connectivity index (χ0) is 23.1. The highest BCUT2D eigenvalue weighted by atomic mass is 19.1. The van der Waals surface area contributed by atoms with Crippen LogP contribution in [-0.2, 0) is 16.8 Å². The number of benzene rings is 1. The first-order valence-corrected chi connectivity index (χ1v) is 11.9. The number of hydrazine groups is 1. The second-order valence-corrected chi connectivity index (χ2v) is 9.01. The normalized spacial score (nSPS) is 17.7. The van der Waals surface area contributed by atoms with E-state index in [0.29, 0.717) is 38.0 Å². The highest BCUT2D eigenvalue weighted by Gasteiger charge is 2.35. The van der Waals surface area contributed by atoms with E-state index >= 15 is 0 Å². The molecule has 2 aromatic rings. The van der Waals surface area contributed by atoms with Gasteiger partial charge in [-0.15, -0.1) is 0 Å². The quantitative estimate of drug-likeness (QED) is 0.333. The van der Waals surface area contributed by atoms with Crippen LogP contribution in [0.2, 0.25) is 0 Å². The molecular weight excluding hydrogens is 427 g/mol. The van der Waals surface area contributed by atoms with E-state index in [1.165, 1.54) is 22.9 Å². The van der Waals surface area contributed by atoms with Crippen molar-refractivity contribution in [2.24, 2.45) is 5.92 Å². The first-order valence-electron chi connectivity index (χ1n) is 11.9. The number of unbranched alkanes of at least 4 members (excludes halogenated alkanes) is 2. The molecule has 1 aliphatic carbocycles. The van der Waals surface area contributed by atoms with E-state index in [9.17, 15) is 14.0 Å². The lowest BCUT2D eigenvalue weighted by molar-refractivity contribution is 0.0299. The van der Waals surface area contributed by atoms with Gasteiger partial charge in [0.2, 0.25) is 0 Å². The van der Waals surface area contributed by atoms with Crippen LogP contribution in [-0.4, -0.2) is 35.9 Å². The van der Waals surface area contributed by atoms with Crippen molar-refractivity contribution in [2.45, 2.75) is 57.0 Å². The minimum Gasteiger partial charge on any atom is -0.490 e. The lowest BCUT2D eigenvalue weighted by atomic mass is 9.83. The molecule has 1 aromatic carbocycles. The van der Waals surface area contributed by atoms with Crippen LogP contribution in [0.5, 0.6) is 5.75 Å². The highest BCUT2D eigenvalue weighted by Crippen LogP contribution is 2.35. The molecule has 2 heterocycles. The van der Waals surface area contributed by atoms with E-state index in [2.05, 4.69) is 15.8 Å². The Bertz CT molecular complexity index is 1030. The van der Waals surface area contributed by atoms with E-state index in [-0.39, 0.29) is 22.6 Å². The fourth-order valence-electron chi connectivity index (χ4n) is 4.13. The summed E-state index contributed by atoms with van der Waals surface area (Å²) in [5, 5.41) is 0. The number of aromatic amines is 1. The van der Waals surface area contributed by atoms with Gasteiger partial charge in [-0.2, -0.15) is 0 Å². The molecule has 180 valence electrons. The molecular formula is C24H33FN4O4. The molecule has 4 rings (SSSR count). The summed E-state index contributed by atoms with van der Waals surface area (Å²) in [5.74, 6) is 0.563. The van der Waals surface area contributed by atoms with E-state index in [0.717, 1.165) is 57.1 Å². The van der Waals surface area contributed by atoms with Gasteiger partial charge in [-0.05, 0) is 62.1 Å². The smallest absolute Gasteiger partial charge is 0.328 e. The fraction of sp³-hybridized carbons (Fsp3) is 0.583. The Hall–Kier alpha value is -2.49. The number of H-pyrrole nitrogens is 1. The van der Waals surface area contributed by atoms with Crippen LogP contribution in [0.25, 0.3) is 0 Å². The van der Waals surface area contributed by atoms with Crippen molar-refractivity contribution in [1.82, 2.24) is 20.4 Å².